The van der Waals surface area contributed by atoms with Crippen molar-refractivity contribution in [3.63, 3.8) is 0 Å². The van der Waals surface area contributed by atoms with Crippen LogP contribution in [0.15, 0.2) is 30.0 Å². The van der Waals surface area contributed by atoms with Gasteiger partial charge >= 0.3 is 11.9 Å². The number of halogens is 1. The molecule has 5 nitrogen and oxygen atoms in total. The summed E-state index contributed by atoms with van der Waals surface area (Å²) in [5.41, 5.74) is 0.675. The Bertz CT molecular complexity index is 581. The number of aliphatic carboxylic acids is 2. The van der Waals surface area contributed by atoms with E-state index in [-0.39, 0.29) is 11.9 Å². The Kier molecular flexibility index (Phi) is 3.74. The number of hydrogen-bond donors (Lipinski definition) is 2. The van der Waals surface area contributed by atoms with Gasteiger partial charge in [0.1, 0.15) is 5.82 Å². The zero-order chi connectivity index (χ0) is 14.9. The van der Waals surface area contributed by atoms with Crippen LogP contribution in [0.3, 0.4) is 0 Å². The predicted molar refractivity (Wildman–Crippen MR) is 70.0 cm³/mol. The van der Waals surface area contributed by atoms with E-state index in [1.807, 2.05) is 6.92 Å². The second kappa shape index (κ2) is 5.32. The predicted octanol–water partition coefficient (Wildman–Crippen LogP) is 2.02. The molecule has 0 fully saturated rings. The van der Waals surface area contributed by atoms with Crippen LogP contribution in [-0.2, 0) is 16.0 Å². The van der Waals surface area contributed by atoms with E-state index in [9.17, 15) is 14.0 Å². The van der Waals surface area contributed by atoms with Gasteiger partial charge in [0, 0.05) is 17.9 Å². The fourth-order valence-electron chi connectivity index (χ4n) is 2.28. The summed E-state index contributed by atoms with van der Waals surface area (Å²) >= 11 is 0. The standard InChI is InChI=1S/C14H14FNO4/c1-8-2-3-9-6-10(15)4-5-12(9)16(8)7-11(13(17)18)14(19)20/h4-8H,2-3H2,1H3,(H,17,18)(H,19,20). The summed E-state index contributed by atoms with van der Waals surface area (Å²) in [6.45, 7) is 1.87. The Hall–Kier alpha value is -2.37. The van der Waals surface area contributed by atoms with E-state index < -0.39 is 17.5 Å². The zero-order valence-corrected chi connectivity index (χ0v) is 10.8. The lowest BCUT2D eigenvalue weighted by Crippen LogP contribution is -2.34. The molecule has 1 aromatic carbocycles. The Morgan fingerprint density at radius 1 is 1.35 bits per heavy atom. The van der Waals surface area contributed by atoms with Gasteiger partial charge in [-0.1, -0.05) is 0 Å². The van der Waals surface area contributed by atoms with Gasteiger partial charge in [0.05, 0.1) is 0 Å². The van der Waals surface area contributed by atoms with Crippen LogP contribution >= 0.6 is 0 Å². The number of benzene rings is 1. The molecule has 0 bridgehead atoms. The van der Waals surface area contributed by atoms with E-state index in [1.54, 1.807) is 4.90 Å². The number of hydrogen-bond acceptors (Lipinski definition) is 3. The van der Waals surface area contributed by atoms with Crippen molar-refractivity contribution in [2.24, 2.45) is 0 Å². The molecule has 0 aromatic heterocycles. The fourth-order valence-corrected chi connectivity index (χ4v) is 2.28. The van der Waals surface area contributed by atoms with Crippen LogP contribution in [-0.4, -0.2) is 28.2 Å². The summed E-state index contributed by atoms with van der Waals surface area (Å²) in [6, 6.07) is 4.15. The Morgan fingerprint density at radius 3 is 2.60 bits per heavy atom. The number of anilines is 1. The average Bonchev–Trinajstić information content (AvgIpc) is 2.36. The molecule has 1 aliphatic heterocycles. The first-order chi connectivity index (χ1) is 9.40. The lowest BCUT2D eigenvalue weighted by atomic mass is 9.96. The van der Waals surface area contributed by atoms with Gasteiger partial charge in [0.2, 0.25) is 0 Å². The molecule has 6 heteroatoms. The first-order valence-corrected chi connectivity index (χ1v) is 6.15. The molecule has 1 atom stereocenters. The minimum absolute atomic E-state index is 0.0540. The molecular weight excluding hydrogens is 265 g/mol. The number of nitrogens with zero attached hydrogens (tertiary/aromatic N) is 1. The van der Waals surface area contributed by atoms with E-state index in [0.717, 1.165) is 11.8 Å². The molecule has 0 saturated heterocycles. The van der Waals surface area contributed by atoms with Gasteiger partial charge in [-0.25, -0.2) is 14.0 Å². The van der Waals surface area contributed by atoms with Gasteiger partial charge in [0.25, 0.3) is 0 Å². The third kappa shape index (κ3) is 2.64. The second-order valence-electron chi connectivity index (χ2n) is 4.72. The molecule has 2 rings (SSSR count). The van der Waals surface area contributed by atoms with Crippen molar-refractivity contribution in [1.29, 1.82) is 0 Å². The molecule has 0 aliphatic carbocycles. The number of rotatable bonds is 3. The van der Waals surface area contributed by atoms with E-state index in [0.29, 0.717) is 18.5 Å². The number of carboxylic acids is 2. The molecular formula is C14H14FNO4. The van der Waals surface area contributed by atoms with Gasteiger partial charge in [-0.05, 0) is 43.5 Å². The van der Waals surface area contributed by atoms with Crippen molar-refractivity contribution in [2.75, 3.05) is 4.90 Å². The summed E-state index contributed by atoms with van der Waals surface area (Å²) in [7, 11) is 0. The Balaban J connectivity index is 2.49. The molecule has 20 heavy (non-hydrogen) atoms. The molecule has 0 saturated carbocycles. The van der Waals surface area contributed by atoms with Crippen molar-refractivity contribution < 1.29 is 24.2 Å². The normalized spacial score (nSPS) is 17.3. The molecule has 1 aliphatic rings. The minimum atomic E-state index is -1.50. The molecule has 1 heterocycles. The van der Waals surface area contributed by atoms with E-state index >= 15 is 0 Å². The summed E-state index contributed by atoms with van der Waals surface area (Å²) in [5, 5.41) is 17.8. The largest absolute Gasteiger partial charge is 0.477 e. The minimum Gasteiger partial charge on any atom is -0.477 e. The smallest absolute Gasteiger partial charge is 0.344 e. The molecule has 0 amide bonds. The topological polar surface area (TPSA) is 77.8 Å². The fraction of sp³-hybridized carbons (Fsp3) is 0.286. The summed E-state index contributed by atoms with van der Waals surface area (Å²) < 4.78 is 13.2. The van der Waals surface area contributed by atoms with Crippen molar-refractivity contribution in [2.45, 2.75) is 25.8 Å². The highest BCUT2D eigenvalue weighted by Crippen LogP contribution is 2.31. The van der Waals surface area contributed by atoms with Gasteiger partial charge < -0.3 is 15.1 Å². The maximum Gasteiger partial charge on any atom is 0.344 e. The van der Waals surface area contributed by atoms with E-state index in [2.05, 4.69) is 0 Å². The average molecular weight is 279 g/mol. The lowest BCUT2D eigenvalue weighted by Gasteiger charge is -2.34. The number of carbonyl (C=O) groups is 2. The van der Waals surface area contributed by atoms with Crippen LogP contribution in [0.4, 0.5) is 10.1 Å². The van der Waals surface area contributed by atoms with Crippen LogP contribution < -0.4 is 4.90 Å². The van der Waals surface area contributed by atoms with E-state index in [1.165, 1.54) is 18.2 Å². The van der Waals surface area contributed by atoms with Crippen LogP contribution in [0.5, 0.6) is 0 Å². The first kappa shape index (κ1) is 14.0. The Labute approximate surface area is 114 Å². The van der Waals surface area contributed by atoms with Gasteiger partial charge in [0.15, 0.2) is 5.57 Å². The summed E-state index contributed by atoms with van der Waals surface area (Å²) in [4.78, 5) is 23.5. The highest BCUT2D eigenvalue weighted by Gasteiger charge is 2.25. The third-order valence-corrected chi connectivity index (χ3v) is 3.36. The van der Waals surface area contributed by atoms with Gasteiger partial charge in [-0.15, -0.1) is 0 Å². The molecule has 2 N–H and O–H groups in total. The molecule has 0 spiro atoms. The highest BCUT2D eigenvalue weighted by molar-refractivity contribution is 6.12. The number of fused-ring (bicyclic) bond motifs is 1. The number of carboxylic acid groups (broad SMARTS) is 2. The van der Waals surface area contributed by atoms with Crippen molar-refractivity contribution in [3.8, 4) is 0 Å². The monoisotopic (exact) mass is 279 g/mol. The number of aryl methyl sites for hydroxylation is 1. The van der Waals surface area contributed by atoms with E-state index in [4.69, 9.17) is 10.2 Å². The molecule has 1 aromatic rings. The first-order valence-electron chi connectivity index (χ1n) is 6.15. The van der Waals surface area contributed by atoms with Crippen molar-refractivity contribution in [3.05, 3.63) is 41.4 Å². The SMILES string of the molecule is CC1CCc2cc(F)ccc2N1C=C(C(=O)O)C(=O)O. The van der Waals surface area contributed by atoms with Gasteiger partial charge in [-0.3, -0.25) is 0 Å². The van der Waals surface area contributed by atoms with Crippen LogP contribution in [0.25, 0.3) is 0 Å². The molecule has 1 unspecified atom stereocenters. The Morgan fingerprint density at radius 2 is 2.00 bits per heavy atom. The van der Waals surface area contributed by atoms with Crippen LogP contribution in [0.2, 0.25) is 0 Å². The van der Waals surface area contributed by atoms with Crippen molar-refractivity contribution in [1.82, 2.24) is 0 Å². The highest BCUT2D eigenvalue weighted by atomic mass is 19.1. The van der Waals surface area contributed by atoms with Crippen LogP contribution in [0.1, 0.15) is 18.9 Å². The third-order valence-electron chi connectivity index (χ3n) is 3.36. The maximum absolute atomic E-state index is 13.2. The quantitative estimate of drug-likeness (QED) is 0.503. The second-order valence-corrected chi connectivity index (χ2v) is 4.72. The molecule has 106 valence electrons. The summed E-state index contributed by atoms with van der Waals surface area (Å²) in [5.74, 6) is -3.36. The van der Waals surface area contributed by atoms with Crippen LogP contribution in [0, 0.1) is 5.82 Å². The van der Waals surface area contributed by atoms with Gasteiger partial charge in [-0.2, -0.15) is 0 Å². The van der Waals surface area contributed by atoms with Crippen molar-refractivity contribution >= 4 is 17.6 Å². The summed E-state index contributed by atoms with van der Waals surface area (Å²) in [6.07, 6.45) is 2.47. The maximum atomic E-state index is 13.2. The zero-order valence-electron chi connectivity index (χ0n) is 10.8. The molecule has 0 radical (unpaired) electrons. The lowest BCUT2D eigenvalue weighted by molar-refractivity contribution is -0.140.